The SMILES string of the molecule is CCCCSc1nc2ccccc2[nH]c1=S. The maximum atomic E-state index is 5.29. The summed E-state index contributed by atoms with van der Waals surface area (Å²) in [5, 5.41) is 0.946. The predicted octanol–water partition coefficient (Wildman–Crippen LogP) is 4.18. The van der Waals surface area contributed by atoms with Crippen LogP contribution in [0.3, 0.4) is 0 Å². The number of nitrogens with zero attached hydrogens (tertiary/aromatic N) is 1. The van der Waals surface area contributed by atoms with Gasteiger partial charge in [0, 0.05) is 0 Å². The first-order valence-electron chi connectivity index (χ1n) is 5.43. The molecule has 1 heterocycles. The quantitative estimate of drug-likeness (QED) is 0.501. The Kier molecular flexibility index (Phi) is 3.96. The summed E-state index contributed by atoms with van der Waals surface area (Å²) in [6.45, 7) is 2.19. The number of fused-ring (bicyclic) bond motifs is 1. The van der Waals surface area contributed by atoms with Crippen molar-refractivity contribution in [2.45, 2.75) is 24.8 Å². The number of thioether (sulfide) groups is 1. The van der Waals surface area contributed by atoms with E-state index in [9.17, 15) is 0 Å². The third-order valence-electron chi connectivity index (χ3n) is 2.31. The molecule has 0 unspecified atom stereocenters. The van der Waals surface area contributed by atoms with Crippen molar-refractivity contribution in [2.75, 3.05) is 5.75 Å². The molecular formula is C12H14N2S2. The van der Waals surface area contributed by atoms with E-state index in [0.29, 0.717) is 0 Å². The second-order valence-corrected chi connectivity index (χ2v) is 5.08. The van der Waals surface area contributed by atoms with Crippen LogP contribution in [0.1, 0.15) is 19.8 Å². The van der Waals surface area contributed by atoms with Crippen LogP contribution in [0.15, 0.2) is 29.3 Å². The van der Waals surface area contributed by atoms with E-state index in [2.05, 4.69) is 16.9 Å². The van der Waals surface area contributed by atoms with Gasteiger partial charge in [-0.2, -0.15) is 0 Å². The maximum Gasteiger partial charge on any atom is 0.136 e. The first-order chi connectivity index (χ1) is 7.81. The Bertz CT molecular complexity index is 534. The van der Waals surface area contributed by atoms with Crippen LogP contribution in [0.5, 0.6) is 0 Å². The van der Waals surface area contributed by atoms with Crippen LogP contribution in [0.2, 0.25) is 0 Å². The predicted molar refractivity (Wildman–Crippen MR) is 72.6 cm³/mol. The molecule has 0 fully saturated rings. The molecule has 0 saturated heterocycles. The Hall–Kier alpha value is -0.870. The van der Waals surface area contributed by atoms with Crippen molar-refractivity contribution in [3.63, 3.8) is 0 Å². The average Bonchev–Trinajstić information content (AvgIpc) is 2.30. The Balaban J connectivity index is 2.31. The third-order valence-corrected chi connectivity index (χ3v) is 3.79. The van der Waals surface area contributed by atoms with Gasteiger partial charge in [0.25, 0.3) is 0 Å². The lowest BCUT2D eigenvalue weighted by molar-refractivity contribution is 0.894. The van der Waals surface area contributed by atoms with Crippen molar-refractivity contribution in [1.82, 2.24) is 9.97 Å². The average molecular weight is 250 g/mol. The van der Waals surface area contributed by atoms with E-state index in [1.807, 2.05) is 24.3 Å². The van der Waals surface area contributed by atoms with Crippen LogP contribution in [0.25, 0.3) is 11.0 Å². The first kappa shape index (κ1) is 11.6. The van der Waals surface area contributed by atoms with Gasteiger partial charge in [-0.3, -0.25) is 0 Å². The van der Waals surface area contributed by atoms with Crippen LogP contribution in [0, 0.1) is 4.64 Å². The molecule has 84 valence electrons. The first-order valence-corrected chi connectivity index (χ1v) is 6.82. The number of unbranched alkanes of at least 4 members (excludes halogenated alkanes) is 1. The summed E-state index contributed by atoms with van der Waals surface area (Å²) >= 11 is 7.03. The molecule has 2 aromatic rings. The molecule has 0 aliphatic carbocycles. The molecule has 1 aromatic carbocycles. The van der Waals surface area contributed by atoms with Crippen molar-refractivity contribution in [1.29, 1.82) is 0 Å². The van der Waals surface area contributed by atoms with Gasteiger partial charge in [0.05, 0.1) is 11.0 Å². The molecular weight excluding hydrogens is 236 g/mol. The van der Waals surface area contributed by atoms with Crippen LogP contribution < -0.4 is 0 Å². The highest BCUT2D eigenvalue weighted by molar-refractivity contribution is 7.99. The van der Waals surface area contributed by atoms with Gasteiger partial charge < -0.3 is 4.98 Å². The fourth-order valence-corrected chi connectivity index (χ4v) is 2.73. The van der Waals surface area contributed by atoms with Gasteiger partial charge in [0.2, 0.25) is 0 Å². The summed E-state index contributed by atoms with van der Waals surface area (Å²) in [5.41, 5.74) is 1.99. The zero-order valence-corrected chi connectivity index (χ0v) is 10.8. The van der Waals surface area contributed by atoms with Crippen molar-refractivity contribution in [2.24, 2.45) is 0 Å². The van der Waals surface area contributed by atoms with Crippen molar-refractivity contribution >= 4 is 35.0 Å². The van der Waals surface area contributed by atoms with Gasteiger partial charge in [-0.05, 0) is 24.3 Å². The van der Waals surface area contributed by atoms with Gasteiger partial charge in [-0.1, -0.05) is 37.7 Å². The van der Waals surface area contributed by atoms with Gasteiger partial charge in [-0.25, -0.2) is 4.98 Å². The fraction of sp³-hybridized carbons (Fsp3) is 0.333. The second kappa shape index (κ2) is 5.46. The lowest BCUT2D eigenvalue weighted by Gasteiger charge is -2.02. The number of para-hydroxylation sites is 2. The monoisotopic (exact) mass is 250 g/mol. The molecule has 16 heavy (non-hydrogen) atoms. The third kappa shape index (κ3) is 2.62. The number of aromatic nitrogens is 2. The highest BCUT2D eigenvalue weighted by atomic mass is 32.2. The molecule has 2 rings (SSSR count). The lowest BCUT2D eigenvalue weighted by Crippen LogP contribution is -1.90. The molecule has 2 nitrogen and oxygen atoms in total. The number of aromatic amines is 1. The summed E-state index contributed by atoms with van der Waals surface area (Å²) in [6, 6.07) is 7.98. The number of H-pyrrole nitrogens is 1. The van der Waals surface area contributed by atoms with Crippen molar-refractivity contribution in [3.8, 4) is 0 Å². The molecule has 1 aromatic heterocycles. The molecule has 0 radical (unpaired) electrons. The minimum absolute atomic E-state index is 0.750. The van der Waals surface area contributed by atoms with E-state index in [1.54, 1.807) is 11.8 Å². The zero-order valence-electron chi connectivity index (χ0n) is 9.19. The van der Waals surface area contributed by atoms with Crippen LogP contribution in [-0.2, 0) is 0 Å². The Morgan fingerprint density at radius 3 is 3.00 bits per heavy atom. The van der Waals surface area contributed by atoms with E-state index in [-0.39, 0.29) is 0 Å². The number of hydrogen-bond acceptors (Lipinski definition) is 3. The largest absolute Gasteiger partial charge is 0.343 e. The molecule has 0 amide bonds. The topological polar surface area (TPSA) is 28.7 Å². The van der Waals surface area contributed by atoms with E-state index in [4.69, 9.17) is 12.2 Å². The molecule has 4 heteroatoms. The Morgan fingerprint density at radius 1 is 1.38 bits per heavy atom. The van der Waals surface area contributed by atoms with E-state index < -0.39 is 0 Å². The van der Waals surface area contributed by atoms with Crippen molar-refractivity contribution < 1.29 is 0 Å². The number of nitrogens with one attached hydrogen (secondary N) is 1. The highest BCUT2D eigenvalue weighted by Crippen LogP contribution is 2.20. The molecule has 0 spiro atoms. The zero-order chi connectivity index (χ0) is 11.4. The Labute approximate surface area is 104 Å². The standard InChI is InChI=1S/C12H14N2S2/c1-2-3-8-16-12-11(15)13-9-6-4-5-7-10(9)14-12/h4-7H,2-3,8H2,1H3,(H,13,15). The smallest absolute Gasteiger partial charge is 0.136 e. The summed E-state index contributed by atoms with van der Waals surface area (Å²) in [5.74, 6) is 1.08. The molecule has 0 atom stereocenters. The van der Waals surface area contributed by atoms with Gasteiger partial charge in [0.15, 0.2) is 0 Å². The summed E-state index contributed by atoms with van der Waals surface area (Å²) in [6.07, 6.45) is 2.41. The van der Waals surface area contributed by atoms with E-state index >= 15 is 0 Å². The Morgan fingerprint density at radius 2 is 2.19 bits per heavy atom. The summed E-state index contributed by atoms with van der Waals surface area (Å²) < 4.78 is 0.750. The number of benzene rings is 1. The second-order valence-electron chi connectivity index (χ2n) is 3.59. The lowest BCUT2D eigenvalue weighted by atomic mass is 10.3. The van der Waals surface area contributed by atoms with E-state index in [0.717, 1.165) is 26.5 Å². The summed E-state index contributed by atoms with van der Waals surface area (Å²) in [7, 11) is 0. The fourth-order valence-electron chi connectivity index (χ4n) is 1.42. The van der Waals surface area contributed by atoms with Crippen LogP contribution in [-0.4, -0.2) is 15.7 Å². The summed E-state index contributed by atoms with van der Waals surface area (Å²) in [4.78, 5) is 7.79. The molecule has 1 N–H and O–H groups in total. The molecule has 0 aliphatic rings. The van der Waals surface area contributed by atoms with Gasteiger partial charge >= 0.3 is 0 Å². The van der Waals surface area contributed by atoms with Gasteiger partial charge in [-0.15, -0.1) is 11.8 Å². The van der Waals surface area contributed by atoms with Crippen LogP contribution in [0.4, 0.5) is 0 Å². The normalized spacial score (nSPS) is 10.8. The maximum absolute atomic E-state index is 5.29. The number of hydrogen-bond donors (Lipinski definition) is 1. The highest BCUT2D eigenvalue weighted by Gasteiger charge is 2.01. The van der Waals surface area contributed by atoms with Crippen molar-refractivity contribution in [3.05, 3.63) is 28.9 Å². The minimum atomic E-state index is 0.750. The van der Waals surface area contributed by atoms with Gasteiger partial charge in [0.1, 0.15) is 9.67 Å². The molecule has 0 aliphatic heterocycles. The van der Waals surface area contributed by atoms with E-state index in [1.165, 1.54) is 12.8 Å². The molecule has 0 saturated carbocycles. The van der Waals surface area contributed by atoms with Crippen LogP contribution >= 0.6 is 24.0 Å². The number of rotatable bonds is 4. The molecule has 0 bridgehead atoms. The minimum Gasteiger partial charge on any atom is -0.343 e.